The Bertz CT molecular complexity index is 1050. The highest BCUT2D eigenvalue weighted by Crippen LogP contribution is 2.68. The number of rotatable bonds is 20. The summed E-state index contributed by atoms with van der Waals surface area (Å²) in [5.74, 6) is 3.20. The zero-order chi connectivity index (χ0) is 34.2. The molecule has 0 aromatic carbocycles. The highest BCUT2D eigenvalue weighted by molar-refractivity contribution is 7.80. The van der Waals surface area contributed by atoms with Gasteiger partial charge in [0.25, 0.3) is 0 Å². The average molecular weight is 685 g/mol. The monoisotopic (exact) mass is 685 g/mol. The average Bonchev–Trinajstić information content (AvgIpc) is 3.36. The van der Waals surface area contributed by atoms with Crippen LogP contribution in [-0.4, -0.2) is 75.6 Å². The van der Waals surface area contributed by atoms with Gasteiger partial charge in [0.15, 0.2) is 0 Å². The molecule has 0 amide bonds. The summed E-state index contributed by atoms with van der Waals surface area (Å²) < 4.78 is 37.2. The number of aliphatic hydroxyl groups is 1. The molecule has 4 aliphatic carbocycles. The number of hydrogen-bond donors (Lipinski definition) is 6. The summed E-state index contributed by atoms with van der Waals surface area (Å²) in [5.41, 5.74) is 6.08. The van der Waals surface area contributed by atoms with E-state index < -0.39 is 16.5 Å². The molecule has 7 N–H and O–H groups in total. The van der Waals surface area contributed by atoms with Crippen molar-refractivity contribution >= 4 is 10.4 Å². The van der Waals surface area contributed by atoms with Gasteiger partial charge in [0.2, 0.25) is 0 Å². The van der Waals surface area contributed by atoms with Crippen molar-refractivity contribution in [3.8, 4) is 0 Å². The van der Waals surface area contributed by atoms with Gasteiger partial charge in [-0.3, -0.25) is 4.55 Å². The molecule has 4 unspecified atom stereocenters. The second-order valence-electron chi connectivity index (χ2n) is 17.0. The van der Waals surface area contributed by atoms with Gasteiger partial charge in [0, 0.05) is 6.04 Å². The molecule has 0 heterocycles. The molecule has 0 bridgehead atoms. The van der Waals surface area contributed by atoms with E-state index in [9.17, 15) is 18.1 Å². The second-order valence-corrected chi connectivity index (χ2v) is 18.1. The van der Waals surface area contributed by atoms with E-state index in [4.69, 9.17) is 9.92 Å². The highest BCUT2D eigenvalue weighted by atomic mass is 32.3. The lowest BCUT2D eigenvalue weighted by Gasteiger charge is -2.62. The van der Waals surface area contributed by atoms with Gasteiger partial charge in [-0.1, -0.05) is 34.6 Å². The van der Waals surface area contributed by atoms with Crippen LogP contribution in [0, 0.1) is 52.3 Å². The summed E-state index contributed by atoms with van der Waals surface area (Å²) in [4.78, 5) is 0. The molecule has 4 rings (SSSR count). The van der Waals surface area contributed by atoms with Crippen molar-refractivity contribution in [2.45, 2.75) is 143 Å². The van der Waals surface area contributed by atoms with Crippen LogP contribution in [0.3, 0.4) is 0 Å². The van der Waals surface area contributed by atoms with Gasteiger partial charge in [0.05, 0.1) is 12.2 Å². The Hall–Kier alpha value is -0.330. The van der Waals surface area contributed by atoms with Crippen LogP contribution in [0.2, 0.25) is 0 Å². The molecule has 276 valence electrons. The zero-order valence-corrected chi connectivity index (χ0v) is 31.3. The topological polar surface area (TPSA) is 146 Å². The van der Waals surface area contributed by atoms with Crippen LogP contribution in [0.1, 0.15) is 125 Å². The van der Waals surface area contributed by atoms with Crippen molar-refractivity contribution in [1.29, 1.82) is 0 Å². The van der Waals surface area contributed by atoms with Crippen molar-refractivity contribution < 1.29 is 22.3 Å². The largest absolute Gasteiger partial charge is 0.397 e. The quantitative estimate of drug-likeness (QED) is 0.0720. The fourth-order valence-corrected chi connectivity index (χ4v) is 11.8. The summed E-state index contributed by atoms with van der Waals surface area (Å²) in [6.45, 7) is 17.4. The molecule has 4 aliphatic rings. The van der Waals surface area contributed by atoms with E-state index in [1.165, 1.54) is 57.8 Å². The summed E-state index contributed by atoms with van der Waals surface area (Å²) in [6, 6.07) is 0.571. The first-order chi connectivity index (χ1) is 22.3. The molecule has 9 nitrogen and oxygen atoms in total. The predicted molar refractivity (Wildman–Crippen MR) is 191 cm³/mol. The molecule has 0 aliphatic heterocycles. The van der Waals surface area contributed by atoms with E-state index in [0.717, 1.165) is 65.0 Å². The number of fused-ring (bicyclic) bond motifs is 5. The number of aliphatic hydroxyl groups excluding tert-OH is 1. The third-order valence-corrected chi connectivity index (χ3v) is 14.3. The van der Waals surface area contributed by atoms with E-state index in [1.54, 1.807) is 0 Å². The minimum Gasteiger partial charge on any atom is -0.393 e. The first kappa shape index (κ1) is 39.5. The van der Waals surface area contributed by atoms with Crippen molar-refractivity contribution in [2.24, 2.45) is 58.0 Å². The molecule has 10 heteroatoms. The Balaban J connectivity index is 1.23. The lowest BCUT2D eigenvalue weighted by molar-refractivity contribution is -0.167. The first-order valence-electron chi connectivity index (χ1n) is 19.5. The number of nitrogens with two attached hydrogens (primary N) is 1. The van der Waals surface area contributed by atoms with Gasteiger partial charge in [-0.15, -0.1) is 0 Å². The Labute approximate surface area is 288 Å². The maximum atomic E-state index is 11.8. The molecular formula is C37H72N4O5S. The van der Waals surface area contributed by atoms with Crippen molar-refractivity contribution in [3.63, 3.8) is 0 Å². The summed E-state index contributed by atoms with van der Waals surface area (Å²) in [7, 11) is -4.46. The zero-order valence-electron chi connectivity index (χ0n) is 30.5. The molecule has 0 radical (unpaired) electrons. The van der Waals surface area contributed by atoms with Crippen LogP contribution in [0.15, 0.2) is 0 Å². The van der Waals surface area contributed by atoms with E-state index in [1.807, 2.05) is 13.8 Å². The van der Waals surface area contributed by atoms with Crippen LogP contribution in [0.4, 0.5) is 0 Å². The summed E-state index contributed by atoms with van der Waals surface area (Å²) in [5, 5.41) is 22.8. The lowest BCUT2D eigenvalue weighted by atomic mass is 9.43. The fraction of sp³-hybridized carbons (Fsp3) is 1.00. The van der Waals surface area contributed by atoms with Crippen molar-refractivity contribution in [3.05, 3.63) is 0 Å². The third kappa shape index (κ3) is 10.1. The molecule has 47 heavy (non-hydrogen) atoms. The van der Waals surface area contributed by atoms with Gasteiger partial charge in [-0.05, 0) is 181 Å². The highest BCUT2D eigenvalue weighted by Gasteiger charge is 2.62. The Kier molecular flexibility index (Phi) is 14.9. The normalized spacial score (nSPS) is 36.9. The Morgan fingerprint density at radius 1 is 0.830 bits per heavy atom. The Morgan fingerprint density at radius 2 is 1.47 bits per heavy atom. The van der Waals surface area contributed by atoms with Gasteiger partial charge in [0.1, 0.15) is 0 Å². The SMILES string of the molecule is CC(C)[C@@H](CC[C@H](C)[C@H]1CCC2C3C(CC[C@@]21C)[C@@]1(C)CC[C@H](NCCCNCCCCNCCCN)CC1C[C@@H]3O)OS(=O)(=O)O. The molecule has 4 fully saturated rings. The molecule has 11 atom stereocenters. The number of unbranched alkanes of at least 4 members (excludes halogenated alkanes) is 1. The predicted octanol–water partition coefficient (Wildman–Crippen LogP) is 5.53. The van der Waals surface area contributed by atoms with Crippen molar-refractivity contribution in [2.75, 3.05) is 39.3 Å². The van der Waals surface area contributed by atoms with Gasteiger partial charge in [-0.2, -0.15) is 8.42 Å². The molecule has 4 saturated carbocycles. The van der Waals surface area contributed by atoms with Crippen LogP contribution >= 0.6 is 0 Å². The summed E-state index contributed by atoms with van der Waals surface area (Å²) >= 11 is 0. The van der Waals surface area contributed by atoms with Crippen LogP contribution in [0.25, 0.3) is 0 Å². The molecular weight excluding hydrogens is 612 g/mol. The number of nitrogens with one attached hydrogen (secondary N) is 3. The third-order valence-electron chi connectivity index (χ3n) is 13.8. The smallest absolute Gasteiger partial charge is 0.393 e. The van der Waals surface area contributed by atoms with E-state index in [-0.39, 0.29) is 17.4 Å². The fourth-order valence-electron chi connectivity index (χ4n) is 11.2. The van der Waals surface area contributed by atoms with Gasteiger partial charge >= 0.3 is 10.4 Å². The maximum Gasteiger partial charge on any atom is 0.397 e. The molecule has 0 aromatic heterocycles. The first-order valence-corrected chi connectivity index (χ1v) is 20.8. The van der Waals surface area contributed by atoms with Gasteiger partial charge < -0.3 is 26.8 Å². The lowest BCUT2D eigenvalue weighted by Crippen LogP contribution is -2.59. The minimum atomic E-state index is -4.46. The van der Waals surface area contributed by atoms with E-state index in [2.05, 4.69) is 36.7 Å². The molecule has 0 saturated heterocycles. The molecule has 0 aromatic rings. The minimum absolute atomic E-state index is 0.0137. The summed E-state index contributed by atoms with van der Waals surface area (Å²) in [6.07, 6.45) is 15.0. The van der Waals surface area contributed by atoms with E-state index in [0.29, 0.717) is 53.4 Å². The van der Waals surface area contributed by atoms with Crippen molar-refractivity contribution in [1.82, 2.24) is 16.0 Å². The van der Waals surface area contributed by atoms with E-state index >= 15 is 0 Å². The van der Waals surface area contributed by atoms with Crippen LogP contribution in [-0.2, 0) is 14.6 Å². The van der Waals surface area contributed by atoms with Gasteiger partial charge in [-0.25, -0.2) is 4.18 Å². The maximum absolute atomic E-state index is 11.8. The number of hydrogen-bond acceptors (Lipinski definition) is 8. The molecule has 0 spiro atoms. The van der Waals surface area contributed by atoms with Crippen LogP contribution < -0.4 is 21.7 Å². The standard InChI is InChI=1S/C37H72N4O5S/c1-26(2)34(46-47(43,44)45)13-10-27(3)30-11-12-31-35-32(15-17-37(30,31)5)36(4)16-14-29(24-28(36)25-33(35)42)41-23-9-22-40-20-7-6-19-39-21-8-18-38/h26-35,39-42H,6-25,38H2,1-5H3,(H,43,44,45)/t27-,28?,29-,30+,31?,32?,33-,34+,35?,36-,37+/m0/s1. The second kappa shape index (κ2) is 17.7. The Morgan fingerprint density at radius 3 is 2.13 bits per heavy atom. The van der Waals surface area contributed by atoms with Crippen LogP contribution in [0.5, 0.6) is 0 Å².